The highest BCUT2D eigenvalue weighted by molar-refractivity contribution is 5.92. The van der Waals surface area contributed by atoms with Crippen molar-refractivity contribution in [3.05, 3.63) is 24.3 Å². The van der Waals surface area contributed by atoms with Crippen molar-refractivity contribution in [3.63, 3.8) is 0 Å². The Morgan fingerprint density at radius 2 is 2.06 bits per heavy atom. The monoisotopic (exact) mass is 248 g/mol. The minimum Gasteiger partial charge on any atom is -0.348 e. The van der Waals surface area contributed by atoms with E-state index in [2.05, 4.69) is 15.3 Å². The van der Waals surface area contributed by atoms with E-state index < -0.39 is 0 Å². The Balaban J connectivity index is 1.85. The summed E-state index contributed by atoms with van der Waals surface area (Å²) < 4.78 is 0. The Hall–Kier alpha value is -1.98. The molecule has 1 aromatic heterocycles. The number of hydrogen-bond donors (Lipinski definition) is 1. The second-order valence-corrected chi connectivity index (χ2v) is 4.34. The van der Waals surface area contributed by atoms with Gasteiger partial charge in [-0.3, -0.25) is 14.6 Å². The van der Waals surface area contributed by atoms with Crippen LogP contribution in [0.25, 0.3) is 0 Å². The fourth-order valence-corrected chi connectivity index (χ4v) is 2.01. The Labute approximate surface area is 105 Å². The van der Waals surface area contributed by atoms with E-state index in [1.54, 1.807) is 11.8 Å². The summed E-state index contributed by atoms with van der Waals surface area (Å²) in [4.78, 5) is 32.6. The number of piperidine rings is 1. The van der Waals surface area contributed by atoms with Crippen molar-refractivity contribution < 1.29 is 9.59 Å². The molecule has 6 heteroatoms. The number of amides is 2. The van der Waals surface area contributed by atoms with Gasteiger partial charge in [0.25, 0.3) is 5.91 Å². The van der Waals surface area contributed by atoms with Crippen LogP contribution in [0.2, 0.25) is 0 Å². The summed E-state index contributed by atoms with van der Waals surface area (Å²) in [7, 11) is 0. The minimum atomic E-state index is -0.204. The molecule has 18 heavy (non-hydrogen) atoms. The molecule has 0 aromatic carbocycles. The van der Waals surface area contributed by atoms with Crippen LogP contribution >= 0.6 is 0 Å². The predicted octanol–water partition coefficient (Wildman–Crippen LogP) is 0.217. The average Bonchev–Trinajstić information content (AvgIpc) is 2.40. The molecule has 1 fully saturated rings. The molecule has 2 rings (SSSR count). The van der Waals surface area contributed by atoms with E-state index in [1.165, 1.54) is 18.6 Å². The molecule has 1 aliphatic rings. The molecule has 96 valence electrons. The third-order valence-electron chi connectivity index (χ3n) is 3.07. The lowest BCUT2D eigenvalue weighted by Gasteiger charge is -2.31. The van der Waals surface area contributed by atoms with Crippen LogP contribution in [0.4, 0.5) is 0 Å². The molecule has 2 heterocycles. The normalized spacial score (nSPS) is 16.4. The smallest absolute Gasteiger partial charge is 0.271 e. The Kier molecular flexibility index (Phi) is 3.86. The topological polar surface area (TPSA) is 75.2 Å². The SMILES string of the molecule is CC(=O)N1CCC(NC(=O)c2cnccn2)CC1. The number of aromatic nitrogens is 2. The molecule has 0 aliphatic carbocycles. The van der Waals surface area contributed by atoms with Crippen molar-refractivity contribution in [1.29, 1.82) is 0 Å². The number of nitrogens with zero attached hydrogens (tertiary/aromatic N) is 3. The summed E-state index contributed by atoms with van der Waals surface area (Å²) in [6.07, 6.45) is 6.03. The van der Waals surface area contributed by atoms with Crippen molar-refractivity contribution in [2.45, 2.75) is 25.8 Å². The average molecular weight is 248 g/mol. The van der Waals surface area contributed by atoms with Gasteiger partial charge in [0.1, 0.15) is 5.69 Å². The lowest BCUT2D eigenvalue weighted by Crippen LogP contribution is -2.46. The molecule has 2 amide bonds. The van der Waals surface area contributed by atoms with E-state index in [-0.39, 0.29) is 17.9 Å². The van der Waals surface area contributed by atoms with Crippen molar-refractivity contribution in [2.24, 2.45) is 0 Å². The number of nitrogens with one attached hydrogen (secondary N) is 1. The standard InChI is InChI=1S/C12H16N4O2/c1-9(17)16-6-2-10(3-7-16)15-12(18)11-8-13-4-5-14-11/h4-5,8,10H,2-3,6-7H2,1H3,(H,15,18). The lowest BCUT2D eigenvalue weighted by atomic mass is 10.0. The third kappa shape index (κ3) is 3.03. The zero-order valence-corrected chi connectivity index (χ0v) is 10.3. The van der Waals surface area contributed by atoms with Gasteiger partial charge >= 0.3 is 0 Å². The molecular formula is C12H16N4O2. The van der Waals surface area contributed by atoms with Gasteiger partial charge in [-0.15, -0.1) is 0 Å². The highest BCUT2D eigenvalue weighted by Crippen LogP contribution is 2.10. The fraction of sp³-hybridized carbons (Fsp3) is 0.500. The molecule has 6 nitrogen and oxygen atoms in total. The number of carbonyl (C=O) groups excluding carboxylic acids is 2. The predicted molar refractivity (Wildman–Crippen MR) is 64.8 cm³/mol. The van der Waals surface area contributed by atoms with Crippen molar-refractivity contribution in [1.82, 2.24) is 20.2 Å². The molecule has 1 N–H and O–H groups in total. The van der Waals surface area contributed by atoms with Crippen LogP contribution in [0.15, 0.2) is 18.6 Å². The summed E-state index contributed by atoms with van der Waals surface area (Å²) in [5.74, 6) is -0.113. The van der Waals surface area contributed by atoms with Gasteiger partial charge in [-0.2, -0.15) is 0 Å². The summed E-state index contributed by atoms with van der Waals surface area (Å²) in [5, 5.41) is 2.92. The maximum Gasteiger partial charge on any atom is 0.271 e. The van der Waals surface area contributed by atoms with E-state index in [4.69, 9.17) is 0 Å². The highest BCUT2D eigenvalue weighted by atomic mass is 16.2. The first-order chi connectivity index (χ1) is 8.66. The Morgan fingerprint density at radius 3 is 2.61 bits per heavy atom. The van der Waals surface area contributed by atoms with Crippen LogP contribution in [0.5, 0.6) is 0 Å². The lowest BCUT2D eigenvalue weighted by molar-refractivity contribution is -0.129. The van der Waals surface area contributed by atoms with E-state index in [0.717, 1.165) is 12.8 Å². The van der Waals surface area contributed by atoms with Gasteiger partial charge in [-0.1, -0.05) is 0 Å². The molecule has 0 saturated carbocycles. The molecule has 0 unspecified atom stereocenters. The van der Waals surface area contributed by atoms with Crippen LogP contribution in [-0.2, 0) is 4.79 Å². The third-order valence-corrected chi connectivity index (χ3v) is 3.07. The second-order valence-electron chi connectivity index (χ2n) is 4.34. The zero-order chi connectivity index (χ0) is 13.0. The first-order valence-corrected chi connectivity index (χ1v) is 5.99. The first kappa shape index (κ1) is 12.5. The highest BCUT2D eigenvalue weighted by Gasteiger charge is 2.22. The molecule has 0 radical (unpaired) electrons. The van der Waals surface area contributed by atoms with Crippen LogP contribution in [0, 0.1) is 0 Å². The maximum absolute atomic E-state index is 11.8. The number of rotatable bonds is 2. The maximum atomic E-state index is 11.8. The molecule has 1 saturated heterocycles. The van der Waals surface area contributed by atoms with Gasteiger partial charge in [-0.05, 0) is 12.8 Å². The van der Waals surface area contributed by atoms with Crippen molar-refractivity contribution in [3.8, 4) is 0 Å². The van der Waals surface area contributed by atoms with Crippen molar-refractivity contribution in [2.75, 3.05) is 13.1 Å². The van der Waals surface area contributed by atoms with Gasteiger partial charge in [0.2, 0.25) is 5.91 Å². The summed E-state index contributed by atoms with van der Waals surface area (Å²) in [6, 6.07) is 0.107. The van der Waals surface area contributed by atoms with Crippen LogP contribution < -0.4 is 5.32 Å². The largest absolute Gasteiger partial charge is 0.348 e. The van der Waals surface area contributed by atoms with E-state index in [1.807, 2.05) is 0 Å². The Morgan fingerprint density at radius 1 is 1.33 bits per heavy atom. The molecule has 1 aromatic rings. The second kappa shape index (κ2) is 5.57. The van der Waals surface area contributed by atoms with Gasteiger partial charge < -0.3 is 10.2 Å². The summed E-state index contributed by atoms with van der Waals surface area (Å²) in [5.41, 5.74) is 0.325. The fourth-order valence-electron chi connectivity index (χ4n) is 2.01. The van der Waals surface area contributed by atoms with Crippen LogP contribution in [-0.4, -0.2) is 45.8 Å². The molecule has 0 bridgehead atoms. The van der Waals surface area contributed by atoms with E-state index >= 15 is 0 Å². The molecule has 1 aliphatic heterocycles. The van der Waals surface area contributed by atoms with Gasteiger partial charge in [0.05, 0.1) is 6.20 Å². The Bertz CT molecular complexity index is 427. The molecule has 0 atom stereocenters. The van der Waals surface area contributed by atoms with Gasteiger partial charge in [0.15, 0.2) is 0 Å². The van der Waals surface area contributed by atoms with E-state index in [0.29, 0.717) is 18.8 Å². The quantitative estimate of drug-likeness (QED) is 0.812. The van der Waals surface area contributed by atoms with Crippen LogP contribution in [0.1, 0.15) is 30.3 Å². The first-order valence-electron chi connectivity index (χ1n) is 5.99. The van der Waals surface area contributed by atoms with Gasteiger partial charge in [0, 0.05) is 38.4 Å². The number of likely N-dealkylation sites (tertiary alicyclic amines) is 1. The number of carbonyl (C=O) groups is 2. The summed E-state index contributed by atoms with van der Waals surface area (Å²) >= 11 is 0. The molecular weight excluding hydrogens is 232 g/mol. The summed E-state index contributed by atoms with van der Waals surface area (Å²) in [6.45, 7) is 2.96. The minimum absolute atomic E-state index is 0.0914. The van der Waals surface area contributed by atoms with Crippen LogP contribution in [0.3, 0.4) is 0 Å². The van der Waals surface area contributed by atoms with Crippen molar-refractivity contribution >= 4 is 11.8 Å². The van der Waals surface area contributed by atoms with Gasteiger partial charge in [-0.25, -0.2) is 4.98 Å². The zero-order valence-electron chi connectivity index (χ0n) is 10.3. The number of hydrogen-bond acceptors (Lipinski definition) is 4. The molecule has 0 spiro atoms. The van der Waals surface area contributed by atoms with E-state index in [9.17, 15) is 9.59 Å².